The number of rotatable bonds is 9. The number of hydrogen-bond acceptors (Lipinski definition) is 12. The van der Waals surface area contributed by atoms with Crippen LogP contribution in [0.25, 0.3) is 0 Å². The Balaban J connectivity index is -0.000000184. The van der Waals surface area contributed by atoms with Crippen molar-refractivity contribution >= 4 is 32.4 Å². The smallest absolute Gasteiger partial charge is 0.324 e. The van der Waals surface area contributed by atoms with E-state index in [1.165, 1.54) is 0 Å². The van der Waals surface area contributed by atoms with Gasteiger partial charge in [0.1, 0.15) is 0 Å². The minimum absolute atomic E-state index is 0.602. The van der Waals surface area contributed by atoms with Gasteiger partial charge in [-0.1, -0.05) is 0 Å². The lowest BCUT2D eigenvalue weighted by atomic mass is 10.8. The van der Waals surface area contributed by atoms with Crippen molar-refractivity contribution in [2.24, 2.45) is 0 Å². The minimum Gasteiger partial charge on any atom is -0.389 e. The van der Waals surface area contributed by atoms with Crippen LogP contribution in [0.15, 0.2) is 0 Å². The van der Waals surface area contributed by atoms with Crippen molar-refractivity contribution in [1.29, 1.82) is 0 Å². The van der Waals surface area contributed by atoms with E-state index in [-0.39, 0.29) is 0 Å². The van der Waals surface area contributed by atoms with Crippen LogP contribution < -0.4 is 0 Å². The van der Waals surface area contributed by atoms with E-state index in [9.17, 15) is 0 Å². The van der Waals surface area contributed by atoms with Gasteiger partial charge in [0.05, 0.1) is 52.6 Å². The highest BCUT2D eigenvalue weighted by Crippen LogP contribution is 2.48. The van der Waals surface area contributed by atoms with Crippen LogP contribution in [0.4, 0.5) is 0 Å². The summed E-state index contributed by atoms with van der Waals surface area (Å²) in [4.78, 5) is 21.7. The Morgan fingerprint density at radius 1 is 0.294 bits per heavy atom. The van der Waals surface area contributed by atoms with Crippen LogP contribution in [-0.4, -0.2) is 113 Å². The first kappa shape index (κ1) is 42.3. The standard InChI is InChI=1S/3C6H15O3P.H3O3P/c3*1-4(7)10(5(2)8)6(3)9;1-4(2)3/h3*4-9H,1-3H3;1-3H. The van der Waals surface area contributed by atoms with Crippen LogP contribution >= 0.6 is 32.4 Å². The molecule has 0 rings (SSSR count). The molecule has 0 aliphatic rings. The third-order valence-corrected chi connectivity index (χ3v) is 11.6. The lowest BCUT2D eigenvalue weighted by Crippen LogP contribution is -2.16. The van der Waals surface area contributed by atoms with E-state index in [1.807, 2.05) is 0 Å². The average Bonchev–Trinajstić information content (AvgIpc) is 2.51. The number of hydrogen-bond donors (Lipinski definition) is 12. The Bertz CT molecular complexity index is 322. The maximum Gasteiger partial charge on any atom is 0.324 e. The molecule has 0 bridgehead atoms. The van der Waals surface area contributed by atoms with Crippen molar-refractivity contribution in [1.82, 2.24) is 0 Å². The second-order valence-corrected chi connectivity index (χ2v) is 17.2. The second-order valence-electron chi connectivity index (χ2n) is 7.30. The lowest BCUT2D eigenvalue weighted by Gasteiger charge is -2.25. The lowest BCUT2D eigenvalue weighted by molar-refractivity contribution is 0.212. The summed E-state index contributed by atoms with van der Waals surface area (Å²) in [6.07, 6.45) is 0. The zero-order chi connectivity index (χ0) is 28.5. The topological polar surface area (TPSA) is 243 Å². The molecule has 0 heterocycles. The van der Waals surface area contributed by atoms with E-state index in [4.69, 9.17) is 60.6 Å². The molecular weight excluding hydrogens is 532 g/mol. The van der Waals surface area contributed by atoms with Crippen molar-refractivity contribution in [3.63, 3.8) is 0 Å². The summed E-state index contributed by atoms with van der Waals surface area (Å²) in [6, 6.07) is 0. The van der Waals surface area contributed by atoms with Crippen molar-refractivity contribution in [2.75, 3.05) is 0 Å². The molecule has 212 valence electrons. The van der Waals surface area contributed by atoms with Gasteiger partial charge in [0, 0.05) is 0 Å². The molecule has 0 aliphatic heterocycles. The van der Waals surface area contributed by atoms with Crippen LogP contribution in [0.5, 0.6) is 0 Å². The van der Waals surface area contributed by atoms with Crippen LogP contribution in [0.1, 0.15) is 62.3 Å². The largest absolute Gasteiger partial charge is 0.389 e. The quantitative estimate of drug-likeness (QED) is 0.168. The zero-order valence-corrected chi connectivity index (χ0v) is 24.9. The molecule has 9 unspecified atom stereocenters. The van der Waals surface area contributed by atoms with E-state index in [2.05, 4.69) is 0 Å². The first-order valence-corrected chi connectivity index (χ1v) is 16.3. The Morgan fingerprint density at radius 3 is 0.353 bits per heavy atom. The fourth-order valence-electron chi connectivity index (χ4n) is 2.81. The molecule has 0 aromatic carbocycles. The Morgan fingerprint density at radius 2 is 0.353 bits per heavy atom. The van der Waals surface area contributed by atoms with Gasteiger partial charge in [-0.15, -0.1) is 0 Å². The van der Waals surface area contributed by atoms with Crippen molar-refractivity contribution in [2.45, 2.75) is 115 Å². The highest BCUT2D eigenvalue weighted by Gasteiger charge is 2.25. The molecule has 0 radical (unpaired) electrons. The summed E-state index contributed by atoms with van der Waals surface area (Å²) in [6.45, 7) is 14.3. The molecule has 0 amide bonds. The third kappa shape index (κ3) is 24.9. The van der Waals surface area contributed by atoms with Gasteiger partial charge in [0.2, 0.25) is 0 Å². The first-order chi connectivity index (χ1) is 15.1. The van der Waals surface area contributed by atoms with E-state index in [0.29, 0.717) is 0 Å². The molecule has 12 nitrogen and oxygen atoms in total. The summed E-state index contributed by atoms with van der Waals surface area (Å²) >= 11 is 0. The van der Waals surface area contributed by atoms with Gasteiger partial charge in [0.15, 0.2) is 0 Å². The van der Waals surface area contributed by atoms with Crippen LogP contribution in [0.2, 0.25) is 0 Å². The van der Waals surface area contributed by atoms with E-state index >= 15 is 0 Å². The van der Waals surface area contributed by atoms with Crippen LogP contribution in [0, 0.1) is 0 Å². The molecule has 0 fully saturated rings. The van der Waals surface area contributed by atoms with Gasteiger partial charge in [-0.3, -0.25) is 0 Å². The Labute approximate surface area is 208 Å². The van der Waals surface area contributed by atoms with E-state index in [1.54, 1.807) is 62.3 Å². The van der Waals surface area contributed by atoms with Gasteiger partial charge < -0.3 is 60.6 Å². The van der Waals surface area contributed by atoms with Gasteiger partial charge in [-0.05, 0) is 86.1 Å². The summed E-state index contributed by atoms with van der Waals surface area (Å²) in [5.74, 6) is -5.42. The van der Waals surface area contributed by atoms with Crippen LogP contribution in [-0.2, 0) is 0 Å². The zero-order valence-electron chi connectivity index (χ0n) is 21.4. The van der Waals surface area contributed by atoms with Crippen molar-refractivity contribution in [3.8, 4) is 0 Å². The summed E-state index contributed by atoms with van der Waals surface area (Å²) in [5, 5.41) is 81.6. The Kier molecular flexibility index (Phi) is 29.1. The fourth-order valence-corrected chi connectivity index (χ4v) is 8.43. The van der Waals surface area contributed by atoms with E-state index in [0.717, 1.165) is 0 Å². The molecule has 12 N–H and O–H groups in total. The molecule has 0 aliphatic carbocycles. The third-order valence-electron chi connectivity index (χ3n) is 3.88. The van der Waals surface area contributed by atoms with Gasteiger partial charge >= 0.3 is 8.60 Å². The molecular formula is C18H48O12P4. The molecule has 16 heteroatoms. The summed E-state index contributed by atoms with van der Waals surface area (Å²) in [7, 11) is -5.83. The molecule has 0 saturated heterocycles. The van der Waals surface area contributed by atoms with Gasteiger partial charge in [0.25, 0.3) is 0 Å². The van der Waals surface area contributed by atoms with Crippen molar-refractivity contribution in [3.05, 3.63) is 0 Å². The average molecular weight is 580 g/mol. The normalized spacial score (nSPS) is 21.7. The highest BCUT2D eigenvalue weighted by molar-refractivity contribution is 7.59. The molecule has 0 saturated carbocycles. The maximum atomic E-state index is 9.06. The SMILES string of the molecule is CC(O)P(C(C)O)C(C)O.CC(O)P(C(C)O)C(C)O.CC(O)P(C(C)O)C(C)O.OP(O)O. The maximum absolute atomic E-state index is 9.06. The predicted molar refractivity (Wildman–Crippen MR) is 139 cm³/mol. The van der Waals surface area contributed by atoms with E-state index < -0.39 is 85.0 Å². The number of aliphatic hydroxyl groups is 9. The van der Waals surface area contributed by atoms with Gasteiger partial charge in [-0.2, -0.15) is 0 Å². The van der Waals surface area contributed by atoms with Gasteiger partial charge in [-0.25, -0.2) is 0 Å². The second kappa shape index (κ2) is 23.4. The predicted octanol–water partition coefficient (Wildman–Crippen LogP) is 0.640. The molecule has 0 aromatic heterocycles. The highest BCUT2D eigenvalue weighted by atomic mass is 31.2. The first-order valence-electron chi connectivity index (χ1n) is 10.4. The molecule has 9 atom stereocenters. The monoisotopic (exact) mass is 580 g/mol. The fraction of sp³-hybridized carbons (Fsp3) is 1.00. The summed E-state index contributed by atoms with van der Waals surface area (Å²) < 4.78 is 0. The minimum atomic E-state index is -2.62. The molecule has 34 heavy (non-hydrogen) atoms. The number of aliphatic hydroxyl groups excluding tert-OH is 9. The molecule has 0 aromatic rings. The van der Waals surface area contributed by atoms with Crippen molar-refractivity contribution < 1.29 is 60.6 Å². The van der Waals surface area contributed by atoms with Crippen LogP contribution in [0.3, 0.4) is 0 Å². The Hall–Kier alpha value is 1.24. The molecule has 0 spiro atoms. The summed E-state index contributed by atoms with van der Waals surface area (Å²) in [5.41, 5.74) is 0.